The predicted octanol–water partition coefficient (Wildman–Crippen LogP) is 7.07. The molecule has 1 aliphatic heterocycles. The summed E-state index contributed by atoms with van der Waals surface area (Å²) in [6.45, 7) is 2.08. The Hall–Kier alpha value is -1.38. The lowest BCUT2D eigenvalue weighted by Crippen LogP contribution is -2.27. The maximum absolute atomic E-state index is 4.42. The molecule has 4 aromatic rings. The van der Waals surface area contributed by atoms with Gasteiger partial charge in [0.05, 0.1) is 4.21 Å². The summed E-state index contributed by atoms with van der Waals surface area (Å²) in [4.78, 5) is 10.1. The van der Waals surface area contributed by atoms with Crippen LogP contribution in [0, 0.1) is 6.92 Å². The van der Waals surface area contributed by atoms with Gasteiger partial charge in [-0.05, 0) is 79.6 Å². The molecule has 30 heavy (non-hydrogen) atoms. The molecule has 0 radical (unpaired) electrons. The van der Waals surface area contributed by atoms with Crippen molar-refractivity contribution in [3.05, 3.63) is 66.5 Å². The standard InChI is InChI=1S/C17H19N3S3.C6H6S/c1-11-10-14-13(4-7-18-17(14)19-11)15-2-3-16(22-15)23-20-12-5-8-21-9-6-12;7-6-4-2-1-3-5-6/h2-4,7,10,12,20H,5-6,8-9H2,1H3,(H,18,19);1-5,7H. The van der Waals surface area contributed by atoms with Gasteiger partial charge in [0.25, 0.3) is 0 Å². The summed E-state index contributed by atoms with van der Waals surface area (Å²) < 4.78 is 4.97. The number of rotatable bonds is 4. The number of nitrogens with one attached hydrogen (secondary N) is 2. The Labute approximate surface area is 196 Å². The van der Waals surface area contributed by atoms with Gasteiger partial charge in [-0.2, -0.15) is 11.8 Å². The van der Waals surface area contributed by atoms with Gasteiger partial charge in [-0.25, -0.2) is 4.98 Å². The second-order valence-corrected chi connectivity index (χ2v) is 11.1. The average molecular weight is 472 g/mol. The van der Waals surface area contributed by atoms with E-state index in [4.69, 9.17) is 0 Å². The fraction of sp³-hybridized carbons (Fsp3) is 0.261. The van der Waals surface area contributed by atoms with Crippen molar-refractivity contribution in [3.8, 4) is 10.4 Å². The monoisotopic (exact) mass is 471 g/mol. The fourth-order valence-corrected chi connectivity index (χ4v) is 6.57. The van der Waals surface area contributed by atoms with Crippen molar-refractivity contribution in [2.45, 2.75) is 34.9 Å². The van der Waals surface area contributed by atoms with Crippen LogP contribution in [-0.4, -0.2) is 27.5 Å². The molecule has 1 saturated heterocycles. The Morgan fingerprint density at radius 2 is 1.90 bits per heavy atom. The van der Waals surface area contributed by atoms with Gasteiger partial charge in [-0.1, -0.05) is 18.2 Å². The smallest absolute Gasteiger partial charge is 0.138 e. The molecule has 5 rings (SSSR count). The summed E-state index contributed by atoms with van der Waals surface area (Å²) in [6.07, 6.45) is 4.45. The molecule has 0 aliphatic carbocycles. The number of aromatic nitrogens is 2. The molecule has 1 fully saturated rings. The molecule has 3 aromatic heterocycles. The minimum atomic E-state index is 0.659. The van der Waals surface area contributed by atoms with Gasteiger partial charge in [0.1, 0.15) is 5.65 Å². The Bertz CT molecular complexity index is 1070. The third kappa shape index (κ3) is 5.86. The summed E-state index contributed by atoms with van der Waals surface area (Å²) in [5.74, 6) is 2.57. The molecule has 2 N–H and O–H groups in total. The first kappa shape index (κ1) is 21.8. The Morgan fingerprint density at radius 3 is 2.63 bits per heavy atom. The highest BCUT2D eigenvalue weighted by atomic mass is 32.2. The number of fused-ring (bicyclic) bond motifs is 1. The number of thioether (sulfide) groups is 1. The molecule has 0 spiro atoms. The van der Waals surface area contributed by atoms with Gasteiger partial charge in [-0.3, -0.25) is 4.72 Å². The van der Waals surface area contributed by atoms with Crippen LogP contribution in [0.15, 0.2) is 69.9 Å². The second-order valence-electron chi connectivity index (χ2n) is 7.13. The largest absolute Gasteiger partial charge is 0.344 e. The fourth-order valence-electron chi connectivity index (χ4n) is 3.28. The number of thiol groups is 1. The second kappa shape index (κ2) is 10.8. The molecule has 3 nitrogen and oxygen atoms in total. The van der Waals surface area contributed by atoms with Gasteiger partial charge >= 0.3 is 0 Å². The van der Waals surface area contributed by atoms with Gasteiger partial charge in [0, 0.05) is 38.7 Å². The van der Waals surface area contributed by atoms with Crippen LogP contribution in [0.5, 0.6) is 0 Å². The molecule has 4 heterocycles. The summed E-state index contributed by atoms with van der Waals surface area (Å²) in [6, 6.07) is 19.2. The minimum Gasteiger partial charge on any atom is -0.344 e. The van der Waals surface area contributed by atoms with E-state index in [1.807, 2.05) is 47.9 Å². The lowest BCUT2D eigenvalue weighted by atomic mass is 10.1. The number of H-pyrrole nitrogens is 1. The van der Waals surface area contributed by atoms with Gasteiger partial charge in [0.2, 0.25) is 0 Å². The maximum Gasteiger partial charge on any atom is 0.138 e. The summed E-state index contributed by atoms with van der Waals surface area (Å²) in [7, 11) is 0. The van der Waals surface area contributed by atoms with Crippen LogP contribution in [0.2, 0.25) is 0 Å². The van der Waals surface area contributed by atoms with E-state index in [0.717, 1.165) is 16.2 Å². The lowest BCUT2D eigenvalue weighted by Gasteiger charge is -2.21. The average Bonchev–Trinajstić information content (AvgIpc) is 3.39. The first-order chi connectivity index (χ1) is 14.7. The zero-order valence-corrected chi connectivity index (χ0v) is 20.1. The van der Waals surface area contributed by atoms with Crippen LogP contribution in [0.4, 0.5) is 0 Å². The van der Waals surface area contributed by atoms with Crippen molar-refractivity contribution in [2.24, 2.45) is 0 Å². The van der Waals surface area contributed by atoms with E-state index < -0.39 is 0 Å². The SMILES string of the molecule is Cc1cc2c(-c3ccc(SNC4CCSCC4)s3)ccnc2[nH]1.Sc1ccccc1. The molecule has 156 valence electrons. The van der Waals surface area contributed by atoms with Crippen LogP contribution in [0.1, 0.15) is 18.5 Å². The van der Waals surface area contributed by atoms with E-state index in [1.165, 1.54) is 44.4 Å². The quantitative estimate of drug-likeness (QED) is 0.220. The van der Waals surface area contributed by atoms with Gasteiger partial charge < -0.3 is 4.98 Å². The van der Waals surface area contributed by atoms with Crippen LogP contribution in [0.25, 0.3) is 21.5 Å². The zero-order chi connectivity index (χ0) is 20.8. The Kier molecular flexibility index (Phi) is 7.84. The molecule has 0 atom stereocenters. The number of hydrogen-bond acceptors (Lipinski definition) is 6. The van der Waals surface area contributed by atoms with E-state index in [1.54, 1.807) is 11.9 Å². The van der Waals surface area contributed by atoms with E-state index in [9.17, 15) is 0 Å². The number of hydrogen-bond donors (Lipinski definition) is 3. The molecule has 0 bridgehead atoms. The van der Waals surface area contributed by atoms with Crippen LogP contribution >= 0.6 is 47.7 Å². The first-order valence-corrected chi connectivity index (χ1v) is 13.2. The van der Waals surface area contributed by atoms with Crippen molar-refractivity contribution < 1.29 is 0 Å². The number of benzene rings is 1. The van der Waals surface area contributed by atoms with Crippen LogP contribution in [-0.2, 0) is 0 Å². The van der Waals surface area contributed by atoms with E-state index in [0.29, 0.717) is 6.04 Å². The number of aryl methyl sites for hydroxylation is 1. The molecule has 0 unspecified atom stereocenters. The number of pyridine rings is 1. The topological polar surface area (TPSA) is 40.7 Å². The molecular weight excluding hydrogens is 447 g/mol. The minimum absolute atomic E-state index is 0.659. The predicted molar refractivity (Wildman–Crippen MR) is 137 cm³/mol. The molecule has 1 aromatic carbocycles. The van der Waals surface area contributed by atoms with E-state index in [-0.39, 0.29) is 0 Å². The molecular formula is C23H25N3S4. The Morgan fingerprint density at radius 1 is 1.10 bits per heavy atom. The highest BCUT2D eigenvalue weighted by Gasteiger charge is 2.14. The van der Waals surface area contributed by atoms with Gasteiger partial charge in [-0.15, -0.1) is 24.0 Å². The normalized spacial score (nSPS) is 14.5. The van der Waals surface area contributed by atoms with Crippen molar-refractivity contribution >= 4 is 58.7 Å². The molecule has 0 saturated carbocycles. The van der Waals surface area contributed by atoms with E-state index >= 15 is 0 Å². The number of aromatic amines is 1. The summed E-state index contributed by atoms with van der Waals surface area (Å²) in [5.41, 5.74) is 3.40. The van der Waals surface area contributed by atoms with Crippen molar-refractivity contribution in [1.82, 2.24) is 14.7 Å². The van der Waals surface area contributed by atoms with Gasteiger partial charge in [0.15, 0.2) is 0 Å². The van der Waals surface area contributed by atoms with Crippen LogP contribution < -0.4 is 4.72 Å². The van der Waals surface area contributed by atoms with Crippen molar-refractivity contribution in [1.29, 1.82) is 0 Å². The zero-order valence-electron chi connectivity index (χ0n) is 16.8. The summed E-state index contributed by atoms with van der Waals surface area (Å²) in [5, 5.41) is 1.21. The summed E-state index contributed by atoms with van der Waals surface area (Å²) >= 11 is 9.79. The highest BCUT2D eigenvalue weighted by molar-refractivity contribution is 7.99. The lowest BCUT2D eigenvalue weighted by molar-refractivity contribution is 0.588. The Balaban J connectivity index is 0.000000265. The highest BCUT2D eigenvalue weighted by Crippen LogP contribution is 2.36. The van der Waals surface area contributed by atoms with E-state index in [2.05, 4.69) is 70.3 Å². The molecule has 7 heteroatoms. The third-order valence-electron chi connectivity index (χ3n) is 4.82. The van der Waals surface area contributed by atoms with Crippen LogP contribution in [0.3, 0.4) is 0 Å². The van der Waals surface area contributed by atoms with Crippen molar-refractivity contribution in [2.75, 3.05) is 11.5 Å². The number of thiophene rings is 1. The third-order valence-corrected chi connectivity index (χ3v) is 8.37. The molecule has 0 amide bonds. The molecule has 1 aliphatic rings. The maximum atomic E-state index is 4.42. The first-order valence-electron chi connectivity index (χ1n) is 9.98. The number of nitrogens with zero attached hydrogens (tertiary/aromatic N) is 1. The van der Waals surface area contributed by atoms with Crippen molar-refractivity contribution in [3.63, 3.8) is 0 Å².